The molecule has 0 saturated carbocycles. The summed E-state index contributed by atoms with van der Waals surface area (Å²) in [4.78, 5) is 12.0. The molecule has 1 aliphatic heterocycles. The molecule has 108 valence electrons. The lowest BCUT2D eigenvalue weighted by molar-refractivity contribution is 0.0693. The number of carboxylic acid groups (broad SMARTS) is 1. The third-order valence-corrected chi connectivity index (χ3v) is 4.70. The van der Waals surface area contributed by atoms with Crippen LogP contribution in [0.2, 0.25) is 0 Å². The van der Waals surface area contributed by atoms with Gasteiger partial charge in [-0.3, -0.25) is 0 Å². The van der Waals surface area contributed by atoms with Gasteiger partial charge in [0, 0.05) is 17.1 Å². The van der Waals surface area contributed by atoms with Crippen molar-refractivity contribution in [1.82, 2.24) is 0 Å². The number of hydrogen-bond acceptors (Lipinski definition) is 3. The summed E-state index contributed by atoms with van der Waals surface area (Å²) >= 11 is 1.54. The van der Waals surface area contributed by atoms with Crippen LogP contribution in [0.15, 0.2) is 47.4 Å². The van der Waals surface area contributed by atoms with Gasteiger partial charge in [0.2, 0.25) is 0 Å². The molecule has 1 aliphatic rings. The lowest BCUT2D eigenvalue weighted by Crippen LogP contribution is -2.16. The number of aryl methyl sites for hydroxylation is 1. The van der Waals surface area contributed by atoms with Crippen molar-refractivity contribution < 1.29 is 14.6 Å². The number of ether oxygens (including phenoxy) is 1. The van der Waals surface area contributed by atoms with Crippen LogP contribution in [0.3, 0.4) is 0 Å². The Morgan fingerprint density at radius 2 is 2.14 bits per heavy atom. The molecule has 0 fully saturated rings. The summed E-state index contributed by atoms with van der Waals surface area (Å²) < 4.78 is 5.92. The highest BCUT2D eigenvalue weighted by molar-refractivity contribution is 7.99. The van der Waals surface area contributed by atoms with Gasteiger partial charge >= 0.3 is 5.97 Å². The average Bonchev–Trinajstić information content (AvgIpc) is 2.87. The van der Waals surface area contributed by atoms with Crippen LogP contribution in [-0.2, 0) is 6.42 Å². The Morgan fingerprint density at radius 3 is 2.95 bits per heavy atom. The maximum absolute atomic E-state index is 11.2. The van der Waals surface area contributed by atoms with Crippen molar-refractivity contribution in [3.05, 3.63) is 59.2 Å². The van der Waals surface area contributed by atoms with Crippen molar-refractivity contribution in [1.29, 1.82) is 0 Å². The van der Waals surface area contributed by atoms with Gasteiger partial charge in [0.05, 0.1) is 5.56 Å². The van der Waals surface area contributed by atoms with Gasteiger partial charge < -0.3 is 9.84 Å². The first-order chi connectivity index (χ1) is 10.1. The van der Waals surface area contributed by atoms with Crippen LogP contribution in [0, 0.1) is 6.92 Å². The molecule has 2 aromatic rings. The van der Waals surface area contributed by atoms with Crippen LogP contribution in [0.5, 0.6) is 5.75 Å². The molecular weight excluding hydrogens is 284 g/mol. The standard InChI is InChI=1S/C17H16O3S/c1-11-6-7-15-12(8-11)9-13(20-15)10-21-16-5-3-2-4-14(16)17(18)19/h2-8,13H,9-10H2,1H3,(H,18,19). The monoisotopic (exact) mass is 300 g/mol. The van der Waals surface area contributed by atoms with Crippen LogP contribution >= 0.6 is 11.8 Å². The number of hydrogen-bond donors (Lipinski definition) is 1. The number of thioether (sulfide) groups is 1. The molecule has 0 aliphatic carbocycles. The van der Waals surface area contributed by atoms with E-state index in [2.05, 4.69) is 13.0 Å². The predicted octanol–water partition coefficient (Wildman–Crippen LogP) is 3.79. The summed E-state index contributed by atoms with van der Waals surface area (Å²) in [7, 11) is 0. The van der Waals surface area contributed by atoms with Crippen LogP contribution < -0.4 is 4.74 Å². The molecule has 1 atom stereocenters. The molecule has 21 heavy (non-hydrogen) atoms. The van der Waals surface area contributed by atoms with Crippen molar-refractivity contribution >= 4 is 17.7 Å². The summed E-state index contributed by atoms with van der Waals surface area (Å²) in [5, 5.41) is 9.19. The van der Waals surface area contributed by atoms with Gasteiger partial charge in [-0.2, -0.15) is 0 Å². The quantitative estimate of drug-likeness (QED) is 0.873. The summed E-state index contributed by atoms with van der Waals surface area (Å²) in [6.45, 7) is 2.07. The number of aromatic carboxylic acids is 1. The van der Waals surface area contributed by atoms with E-state index in [0.717, 1.165) is 22.8 Å². The van der Waals surface area contributed by atoms with E-state index in [9.17, 15) is 9.90 Å². The van der Waals surface area contributed by atoms with Gasteiger partial charge in [-0.15, -0.1) is 11.8 Å². The van der Waals surface area contributed by atoms with E-state index < -0.39 is 5.97 Å². The topological polar surface area (TPSA) is 46.5 Å². The molecule has 3 nitrogen and oxygen atoms in total. The second-order valence-electron chi connectivity index (χ2n) is 5.17. The normalized spacial score (nSPS) is 16.3. The highest BCUT2D eigenvalue weighted by Gasteiger charge is 2.23. The molecular formula is C17H16O3S. The van der Waals surface area contributed by atoms with Crippen LogP contribution in [0.4, 0.5) is 0 Å². The van der Waals surface area contributed by atoms with E-state index in [0.29, 0.717) is 5.56 Å². The van der Waals surface area contributed by atoms with E-state index in [1.807, 2.05) is 24.3 Å². The number of carboxylic acids is 1. The van der Waals surface area contributed by atoms with Gasteiger partial charge in [-0.1, -0.05) is 29.8 Å². The molecule has 0 amide bonds. The largest absolute Gasteiger partial charge is 0.489 e. The Kier molecular flexibility index (Phi) is 3.88. The second kappa shape index (κ2) is 5.82. The van der Waals surface area contributed by atoms with Gasteiger partial charge in [-0.25, -0.2) is 4.79 Å². The first kappa shape index (κ1) is 14.0. The first-order valence-electron chi connectivity index (χ1n) is 6.85. The zero-order chi connectivity index (χ0) is 14.8. The molecule has 0 bridgehead atoms. The van der Waals surface area contributed by atoms with Gasteiger partial charge in [0.1, 0.15) is 11.9 Å². The fourth-order valence-corrected chi connectivity index (χ4v) is 3.53. The molecule has 4 heteroatoms. The predicted molar refractivity (Wildman–Crippen MR) is 83.4 cm³/mol. The van der Waals surface area contributed by atoms with Crippen LogP contribution in [0.1, 0.15) is 21.5 Å². The molecule has 0 saturated heterocycles. The van der Waals surface area contributed by atoms with E-state index in [1.54, 1.807) is 23.9 Å². The van der Waals surface area contributed by atoms with Gasteiger partial charge in [0.25, 0.3) is 0 Å². The molecule has 0 radical (unpaired) electrons. The molecule has 3 rings (SSSR count). The number of fused-ring (bicyclic) bond motifs is 1. The van der Waals surface area contributed by atoms with E-state index in [1.165, 1.54) is 11.1 Å². The second-order valence-corrected chi connectivity index (χ2v) is 6.23. The van der Waals surface area contributed by atoms with Crippen LogP contribution in [0.25, 0.3) is 0 Å². The summed E-state index contributed by atoms with van der Waals surface area (Å²) in [6, 6.07) is 13.3. The van der Waals surface area contributed by atoms with Gasteiger partial charge in [-0.05, 0) is 30.7 Å². The fourth-order valence-electron chi connectivity index (χ4n) is 2.49. The Balaban J connectivity index is 1.67. The molecule has 1 N–H and O–H groups in total. The summed E-state index contributed by atoms with van der Waals surface area (Å²) in [5.74, 6) is 0.819. The van der Waals surface area contributed by atoms with Crippen LogP contribution in [-0.4, -0.2) is 22.9 Å². The zero-order valence-corrected chi connectivity index (χ0v) is 12.5. The van der Waals surface area contributed by atoms with Crippen molar-refractivity contribution in [2.24, 2.45) is 0 Å². The highest BCUT2D eigenvalue weighted by Crippen LogP contribution is 2.32. The third kappa shape index (κ3) is 3.05. The van der Waals surface area contributed by atoms with Crippen molar-refractivity contribution in [2.75, 3.05) is 5.75 Å². The third-order valence-electron chi connectivity index (χ3n) is 3.50. The first-order valence-corrected chi connectivity index (χ1v) is 7.83. The SMILES string of the molecule is Cc1ccc2c(c1)CC(CSc1ccccc1C(=O)O)O2. The maximum atomic E-state index is 11.2. The van der Waals surface area contributed by atoms with Crippen molar-refractivity contribution in [3.8, 4) is 5.75 Å². The minimum Gasteiger partial charge on any atom is -0.489 e. The van der Waals surface area contributed by atoms with E-state index >= 15 is 0 Å². The highest BCUT2D eigenvalue weighted by atomic mass is 32.2. The molecule has 1 heterocycles. The molecule has 2 aromatic carbocycles. The van der Waals surface area contributed by atoms with Gasteiger partial charge in [0.15, 0.2) is 0 Å². The lowest BCUT2D eigenvalue weighted by Gasteiger charge is -2.11. The number of rotatable bonds is 4. The number of benzene rings is 2. The average molecular weight is 300 g/mol. The maximum Gasteiger partial charge on any atom is 0.336 e. The Morgan fingerprint density at radius 1 is 1.33 bits per heavy atom. The molecule has 0 aromatic heterocycles. The Hall–Kier alpha value is -1.94. The van der Waals surface area contributed by atoms with E-state index in [-0.39, 0.29) is 6.10 Å². The van der Waals surface area contributed by atoms with Crippen molar-refractivity contribution in [2.45, 2.75) is 24.3 Å². The summed E-state index contributed by atoms with van der Waals surface area (Å²) in [6.07, 6.45) is 0.993. The smallest absolute Gasteiger partial charge is 0.336 e. The Bertz CT molecular complexity index is 681. The molecule has 1 unspecified atom stereocenters. The number of carbonyl (C=O) groups is 1. The zero-order valence-electron chi connectivity index (χ0n) is 11.7. The minimum atomic E-state index is -0.885. The van der Waals surface area contributed by atoms with E-state index in [4.69, 9.17) is 4.74 Å². The minimum absolute atomic E-state index is 0.105. The lowest BCUT2D eigenvalue weighted by atomic mass is 10.1. The Labute approximate surface area is 127 Å². The van der Waals surface area contributed by atoms with Crippen molar-refractivity contribution in [3.63, 3.8) is 0 Å². The molecule has 0 spiro atoms. The fraction of sp³-hybridized carbons (Fsp3) is 0.235. The summed E-state index contributed by atoms with van der Waals surface area (Å²) in [5.41, 5.74) is 2.84.